The first-order valence-electron chi connectivity index (χ1n) is 4.47. The van der Waals surface area contributed by atoms with Gasteiger partial charge >= 0.3 is 0 Å². The Bertz CT molecular complexity index is 368. The molecular weight excluding hydrogens is 218 g/mol. The molecule has 0 radical (unpaired) electrons. The zero-order valence-corrected chi connectivity index (χ0v) is 9.38. The summed E-state index contributed by atoms with van der Waals surface area (Å²) < 4.78 is 4.93. The first-order chi connectivity index (χ1) is 7.02. The molecule has 0 heterocycles. The molecule has 84 valence electrons. The van der Waals surface area contributed by atoms with E-state index in [9.17, 15) is 10.2 Å². The zero-order chi connectivity index (χ0) is 11.6. The second-order valence-electron chi connectivity index (χ2n) is 3.22. The van der Waals surface area contributed by atoms with Crippen LogP contribution in [0.15, 0.2) is 6.07 Å². The van der Waals surface area contributed by atoms with E-state index in [0.717, 1.165) is 0 Å². The molecule has 1 atom stereocenters. The van der Waals surface area contributed by atoms with Crippen LogP contribution in [0.3, 0.4) is 0 Å². The Balaban J connectivity index is 3.38. The Hall–Kier alpha value is -0.970. The Morgan fingerprint density at radius 1 is 1.60 bits per heavy atom. The summed E-state index contributed by atoms with van der Waals surface area (Å²) in [6.07, 6.45) is -0.855. The van der Waals surface area contributed by atoms with Crippen LogP contribution in [-0.2, 0) is 0 Å². The average Bonchev–Trinajstić information content (AvgIpc) is 2.17. The topological polar surface area (TPSA) is 75.7 Å². The fourth-order valence-corrected chi connectivity index (χ4v) is 1.93. The molecule has 0 spiro atoms. The van der Waals surface area contributed by atoms with E-state index in [2.05, 4.69) is 0 Å². The van der Waals surface area contributed by atoms with Crippen LogP contribution >= 0.6 is 11.6 Å². The molecule has 0 amide bonds. The normalized spacial score (nSPS) is 12.6. The number of benzene rings is 1. The van der Waals surface area contributed by atoms with E-state index in [0.29, 0.717) is 11.1 Å². The van der Waals surface area contributed by atoms with Gasteiger partial charge in [0, 0.05) is 12.1 Å². The van der Waals surface area contributed by atoms with Gasteiger partial charge in [-0.1, -0.05) is 11.6 Å². The minimum Gasteiger partial charge on any atom is -0.504 e. The largest absolute Gasteiger partial charge is 0.504 e. The van der Waals surface area contributed by atoms with Crippen LogP contribution in [0, 0.1) is 6.92 Å². The molecule has 1 unspecified atom stereocenters. The Morgan fingerprint density at radius 2 is 2.20 bits per heavy atom. The van der Waals surface area contributed by atoms with Crippen molar-refractivity contribution in [1.82, 2.24) is 0 Å². The van der Waals surface area contributed by atoms with Gasteiger partial charge in [0.1, 0.15) is 0 Å². The summed E-state index contributed by atoms with van der Waals surface area (Å²) in [4.78, 5) is 0. The number of rotatable bonds is 3. The van der Waals surface area contributed by atoms with E-state index in [1.54, 1.807) is 6.92 Å². The molecule has 1 aromatic rings. The number of aliphatic hydroxyl groups is 1. The molecule has 0 aliphatic rings. The minimum absolute atomic E-state index is 0.0482. The van der Waals surface area contributed by atoms with Crippen LogP contribution in [0.2, 0.25) is 5.02 Å². The van der Waals surface area contributed by atoms with Crippen molar-refractivity contribution in [3.8, 4) is 11.5 Å². The predicted octanol–water partition coefficient (Wildman–Crippen LogP) is 1.35. The number of hydrogen-bond donors (Lipinski definition) is 3. The SMILES string of the molecule is COc1c(O)cc(C)c(C(O)CN)c1Cl. The Labute approximate surface area is 93.2 Å². The summed E-state index contributed by atoms with van der Waals surface area (Å²) in [5.41, 5.74) is 6.53. The van der Waals surface area contributed by atoms with Crippen molar-refractivity contribution in [2.75, 3.05) is 13.7 Å². The third-order valence-electron chi connectivity index (χ3n) is 2.21. The van der Waals surface area contributed by atoms with Crippen molar-refractivity contribution in [1.29, 1.82) is 0 Å². The molecule has 0 saturated heterocycles. The van der Waals surface area contributed by atoms with Gasteiger partial charge in [-0.2, -0.15) is 0 Å². The highest BCUT2D eigenvalue weighted by molar-refractivity contribution is 6.33. The number of aliphatic hydroxyl groups excluding tert-OH is 1. The van der Waals surface area contributed by atoms with Gasteiger partial charge in [-0.25, -0.2) is 0 Å². The van der Waals surface area contributed by atoms with Crippen LogP contribution in [0.1, 0.15) is 17.2 Å². The molecule has 4 N–H and O–H groups in total. The van der Waals surface area contributed by atoms with Gasteiger partial charge in [-0.05, 0) is 18.6 Å². The van der Waals surface area contributed by atoms with E-state index < -0.39 is 6.10 Å². The minimum atomic E-state index is -0.855. The van der Waals surface area contributed by atoms with E-state index in [-0.39, 0.29) is 23.1 Å². The summed E-state index contributed by atoms with van der Waals surface area (Å²) in [5, 5.41) is 19.4. The number of methoxy groups -OCH3 is 1. The standard InChI is InChI=1S/C10H14ClNO3/c1-5-3-6(13)10(15-2)9(11)8(5)7(14)4-12/h3,7,13-14H,4,12H2,1-2H3. The molecule has 4 nitrogen and oxygen atoms in total. The van der Waals surface area contributed by atoms with Crippen molar-refractivity contribution in [2.45, 2.75) is 13.0 Å². The Morgan fingerprint density at radius 3 is 2.67 bits per heavy atom. The van der Waals surface area contributed by atoms with Crippen LogP contribution in [0.25, 0.3) is 0 Å². The fraction of sp³-hybridized carbons (Fsp3) is 0.400. The smallest absolute Gasteiger partial charge is 0.179 e. The lowest BCUT2D eigenvalue weighted by Gasteiger charge is -2.17. The first-order valence-corrected chi connectivity index (χ1v) is 4.84. The lowest BCUT2D eigenvalue weighted by Crippen LogP contribution is -2.13. The molecule has 15 heavy (non-hydrogen) atoms. The summed E-state index contributed by atoms with van der Waals surface area (Å²) in [7, 11) is 1.40. The maximum Gasteiger partial charge on any atom is 0.179 e. The highest BCUT2D eigenvalue weighted by Crippen LogP contribution is 2.40. The number of phenolic OH excluding ortho intramolecular Hbond substituents is 1. The molecule has 1 aromatic carbocycles. The molecular formula is C10H14ClNO3. The molecule has 0 aliphatic heterocycles. The van der Waals surface area contributed by atoms with Gasteiger partial charge in [0.2, 0.25) is 0 Å². The monoisotopic (exact) mass is 231 g/mol. The molecule has 0 aromatic heterocycles. The van der Waals surface area contributed by atoms with Gasteiger partial charge in [0.15, 0.2) is 11.5 Å². The van der Waals surface area contributed by atoms with Crippen molar-refractivity contribution in [2.24, 2.45) is 5.73 Å². The number of hydrogen-bond acceptors (Lipinski definition) is 4. The first kappa shape index (κ1) is 12.1. The molecule has 1 rings (SSSR count). The lowest BCUT2D eigenvalue weighted by atomic mass is 10.0. The van der Waals surface area contributed by atoms with Crippen molar-refractivity contribution >= 4 is 11.6 Å². The van der Waals surface area contributed by atoms with Gasteiger partial charge in [-0.15, -0.1) is 0 Å². The maximum atomic E-state index is 9.66. The van der Waals surface area contributed by atoms with Gasteiger partial charge in [0.25, 0.3) is 0 Å². The highest BCUT2D eigenvalue weighted by Gasteiger charge is 2.19. The third kappa shape index (κ3) is 2.17. The Kier molecular flexibility index (Phi) is 3.79. The highest BCUT2D eigenvalue weighted by atomic mass is 35.5. The molecule has 0 fully saturated rings. The van der Waals surface area contributed by atoms with Crippen LogP contribution in [-0.4, -0.2) is 23.9 Å². The number of aryl methyl sites for hydroxylation is 1. The summed E-state index contributed by atoms with van der Waals surface area (Å²) in [6, 6.07) is 1.49. The maximum absolute atomic E-state index is 9.66. The third-order valence-corrected chi connectivity index (χ3v) is 2.58. The number of phenols is 1. The predicted molar refractivity (Wildman–Crippen MR) is 58.4 cm³/mol. The van der Waals surface area contributed by atoms with E-state index >= 15 is 0 Å². The number of nitrogens with two attached hydrogens (primary N) is 1. The van der Waals surface area contributed by atoms with Crippen LogP contribution in [0.4, 0.5) is 0 Å². The number of aromatic hydroxyl groups is 1. The molecule has 5 heteroatoms. The molecule has 0 bridgehead atoms. The van der Waals surface area contributed by atoms with Gasteiger partial charge < -0.3 is 20.7 Å². The van der Waals surface area contributed by atoms with Gasteiger partial charge in [-0.3, -0.25) is 0 Å². The second-order valence-corrected chi connectivity index (χ2v) is 3.60. The van der Waals surface area contributed by atoms with E-state index in [1.807, 2.05) is 0 Å². The van der Waals surface area contributed by atoms with Crippen molar-refractivity contribution in [3.63, 3.8) is 0 Å². The summed E-state index contributed by atoms with van der Waals surface area (Å²) in [6.45, 7) is 1.80. The second kappa shape index (κ2) is 4.70. The summed E-state index contributed by atoms with van der Waals surface area (Å²) in [5.74, 6) is 0.109. The quantitative estimate of drug-likeness (QED) is 0.734. The molecule has 0 aliphatic carbocycles. The van der Waals surface area contributed by atoms with Gasteiger partial charge in [0.05, 0.1) is 18.2 Å². The zero-order valence-electron chi connectivity index (χ0n) is 8.62. The van der Waals surface area contributed by atoms with Crippen LogP contribution in [0.5, 0.6) is 11.5 Å². The van der Waals surface area contributed by atoms with Crippen molar-refractivity contribution < 1.29 is 14.9 Å². The summed E-state index contributed by atoms with van der Waals surface area (Å²) >= 11 is 5.99. The lowest BCUT2D eigenvalue weighted by molar-refractivity contribution is 0.185. The average molecular weight is 232 g/mol. The molecule has 0 saturated carbocycles. The van der Waals surface area contributed by atoms with E-state index in [1.165, 1.54) is 13.2 Å². The van der Waals surface area contributed by atoms with Crippen molar-refractivity contribution in [3.05, 3.63) is 22.2 Å². The van der Waals surface area contributed by atoms with E-state index in [4.69, 9.17) is 22.1 Å². The fourth-order valence-electron chi connectivity index (χ4n) is 1.48. The van der Waals surface area contributed by atoms with Crippen LogP contribution < -0.4 is 10.5 Å². The number of halogens is 1. The number of ether oxygens (including phenoxy) is 1.